The molecular weight excluding hydrogens is 236 g/mol. The van der Waals surface area contributed by atoms with E-state index < -0.39 is 0 Å². The maximum atomic E-state index is 5.47. The third-order valence-electron chi connectivity index (χ3n) is 5.24. The van der Waals surface area contributed by atoms with Crippen LogP contribution in [0.3, 0.4) is 0 Å². The highest BCUT2D eigenvalue weighted by atomic mass is 16.3. The van der Waals surface area contributed by atoms with Crippen LogP contribution in [0.4, 0.5) is 0 Å². The molecular formula is C16H28N2O+2. The molecule has 2 N–H and O–H groups in total. The van der Waals surface area contributed by atoms with E-state index in [4.69, 9.17) is 4.42 Å². The molecule has 2 fully saturated rings. The molecule has 106 valence electrons. The first kappa shape index (κ1) is 13.2. The number of furan rings is 1. The van der Waals surface area contributed by atoms with Crippen LogP contribution in [0.5, 0.6) is 0 Å². The van der Waals surface area contributed by atoms with Crippen molar-refractivity contribution in [3.05, 3.63) is 24.2 Å². The second-order valence-electron chi connectivity index (χ2n) is 6.53. The van der Waals surface area contributed by atoms with E-state index in [1.165, 1.54) is 51.9 Å². The van der Waals surface area contributed by atoms with Gasteiger partial charge in [0.1, 0.15) is 32.7 Å². The van der Waals surface area contributed by atoms with Crippen molar-refractivity contribution in [3.63, 3.8) is 0 Å². The van der Waals surface area contributed by atoms with Crippen molar-refractivity contribution in [3.8, 4) is 0 Å². The second-order valence-corrected chi connectivity index (χ2v) is 6.53. The number of nitrogens with one attached hydrogen (secondary N) is 2. The second kappa shape index (κ2) is 6.10. The van der Waals surface area contributed by atoms with Gasteiger partial charge in [-0.3, -0.25) is 0 Å². The number of hydrogen-bond acceptors (Lipinski definition) is 1. The molecule has 0 radical (unpaired) electrons. The molecule has 1 aliphatic carbocycles. The van der Waals surface area contributed by atoms with E-state index in [0.29, 0.717) is 0 Å². The Morgan fingerprint density at radius 3 is 2.63 bits per heavy atom. The van der Waals surface area contributed by atoms with Crippen LogP contribution in [0.25, 0.3) is 0 Å². The van der Waals surface area contributed by atoms with Crippen LogP contribution in [0.15, 0.2) is 22.8 Å². The number of hydrogen-bond donors (Lipinski definition) is 2. The molecule has 3 heteroatoms. The maximum absolute atomic E-state index is 5.47. The molecule has 3 rings (SSSR count). The fourth-order valence-corrected chi connectivity index (χ4v) is 4.05. The van der Waals surface area contributed by atoms with Crippen LogP contribution in [0, 0.1) is 5.92 Å². The van der Waals surface area contributed by atoms with Gasteiger partial charge in [-0.15, -0.1) is 0 Å². The SMILES string of the molecule is CC1CCCCC1[NH+]1CC[NH+](Cc2ccco2)CC1. The standard InChI is InChI=1S/C16H26N2O/c1-14-5-2-3-7-16(14)18-10-8-17(9-11-18)13-15-6-4-12-19-15/h4,6,12,14,16H,2-3,5,7-11,13H2,1H3/p+2. The van der Waals surface area contributed by atoms with Gasteiger partial charge >= 0.3 is 0 Å². The number of rotatable bonds is 3. The van der Waals surface area contributed by atoms with Gasteiger partial charge in [0.25, 0.3) is 0 Å². The zero-order chi connectivity index (χ0) is 13.1. The molecule has 1 aromatic rings. The van der Waals surface area contributed by atoms with Crippen LogP contribution >= 0.6 is 0 Å². The van der Waals surface area contributed by atoms with Gasteiger partial charge in [0, 0.05) is 5.92 Å². The summed E-state index contributed by atoms with van der Waals surface area (Å²) >= 11 is 0. The molecule has 1 aliphatic heterocycles. The topological polar surface area (TPSA) is 22.0 Å². The van der Waals surface area contributed by atoms with Crippen molar-refractivity contribution >= 4 is 0 Å². The highest BCUT2D eigenvalue weighted by Crippen LogP contribution is 2.21. The lowest BCUT2D eigenvalue weighted by Crippen LogP contribution is -3.29. The third-order valence-corrected chi connectivity index (χ3v) is 5.24. The van der Waals surface area contributed by atoms with Crippen LogP contribution in [0.2, 0.25) is 0 Å². The molecule has 0 bridgehead atoms. The average Bonchev–Trinajstić information content (AvgIpc) is 2.93. The highest BCUT2D eigenvalue weighted by molar-refractivity contribution is 4.95. The first-order valence-electron chi connectivity index (χ1n) is 8.03. The minimum atomic E-state index is 0.940. The largest absolute Gasteiger partial charge is 0.463 e. The first-order valence-corrected chi connectivity index (χ1v) is 8.03. The van der Waals surface area contributed by atoms with Gasteiger partial charge in [-0.2, -0.15) is 0 Å². The Hall–Kier alpha value is -0.800. The molecule has 3 nitrogen and oxygen atoms in total. The van der Waals surface area contributed by atoms with E-state index in [-0.39, 0.29) is 0 Å². The molecule has 2 atom stereocenters. The van der Waals surface area contributed by atoms with Gasteiger partial charge in [-0.05, 0) is 31.4 Å². The van der Waals surface area contributed by atoms with Crippen LogP contribution in [0.1, 0.15) is 38.4 Å². The van der Waals surface area contributed by atoms with Crippen molar-refractivity contribution in [1.29, 1.82) is 0 Å². The molecule has 1 saturated carbocycles. The molecule has 2 unspecified atom stereocenters. The summed E-state index contributed by atoms with van der Waals surface area (Å²) in [5.74, 6) is 2.08. The quantitative estimate of drug-likeness (QED) is 0.797. The van der Waals surface area contributed by atoms with Gasteiger partial charge in [-0.25, -0.2) is 0 Å². The van der Waals surface area contributed by atoms with Gasteiger partial charge in [0.15, 0.2) is 5.76 Å². The van der Waals surface area contributed by atoms with E-state index in [9.17, 15) is 0 Å². The van der Waals surface area contributed by atoms with Crippen molar-refractivity contribution in [2.45, 2.75) is 45.2 Å². The summed E-state index contributed by atoms with van der Waals surface area (Å²) in [6, 6.07) is 5.05. The molecule has 2 aliphatic rings. The van der Waals surface area contributed by atoms with E-state index >= 15 is 0 Å². The lowest BCUT2D eigenvalue weighted by Gasteiger charge is -2.39. The van der Waals surface area contributed by atoms with E-state index in [0.717, 1.165) is 24.3 Å². The Morgan fingerprint density at radius 1 is 1.16 bits per heavy atom. The van der Waals surface area contributed by atoms with Crippen molar-refractivity contribution < 1.29 is 14.2 Å². The smallest absolute Gasteiger partial charge is 0.157 e. The van der Waals surface area contributed by atoms with E-state index in [1.807, 2.05) is 11.0 Å². The maximum Gasteiger partial charge on any atom is 0.157 e. The third kappa shape index (κ3) is 3.21. The zero-order valence-corrected chi connectivity index (χ0v) is 12.2. The lowest BCUT2D eigenvalue weighted by molar-refractivity contribution is -1.03. The van der Waals surface area contributed by atoms with Crippen molar-refractivity contribution in [1.82, 2.24) is 0 Å². The summed E-state index contributed by atoms with van der Waals surface area (Å²) in [5, 5.41) is 0. The summed E-state index contributed by atoms with van der Waals surface area (Å²) in [7, 11) is 0. The van der Waals surface area contributed by atoms with Gasteiger partial charge in [0.05, 0.1) is 12.3 Å². The van der Waals surface area contributed by atoms with Crippen molar-refractivity contribution in [2.75, 3.05) is 26.2 Å². The Labute approximate surface area is 116 Å². The Bertz CT molecular complexity index is 368. The van der Waals surface area contributed by atoms with Gasteiger partial charge in [0.2, 0.25) is 0 Å². The Morgan fingerprint density at radius 2 is 1.95 bits per heavy atom. The molecule has 0 amide bonds. The molecule has 0 aromatic carbocycles. The summed E-state index contributed by atoms with van der Waals surface area (Å²) in [6.45, 7) is 8.86. The van der Waals surface area contributed by atoms with Crippen LogP contribution < -0.4 is 9.80 Å². The predicted molar refractivity (Wildman–Crippen MR) is 75.2 cm³/mol. The molecule has 2 heterocycles. The fourth-order valence-electron chi connectivity index (χ4n) is 4.05. The minimum Gasteiger partial charge on any atom is -0.463 e. The summed E-state index contributed by atoms with van der Waals surface area (Å²) < 4.78 is 5.47. The normalized spacial score (nSPS) is 36.3. The highest BCUT2D eigenvalue weighted by Gasteiger charge is 2.34. The van der Waals surface area contributed by atoms with Gasteiger partial charge < -0.3 is 14.2 Å². The number of piperazine rings is 1. The van der Waals surface area contributed by atoms with E-state index in [2.05, 4.69) is 13.0 Å². The zero-order valence-electron chi connectivity index (χ0n) is 12.2. The monoisotopic (exact) mass is 264 g/mol. The lowest BCUT2D eigenvalue weighted by atomic mass is 9.84. The molecule has 0 spiro atoms. The number of quaternary nitrogens is 2. The minimum absolute atomic E-state index is 0.940. The Kier molecular flexibility index (Phi) is 4.24. The molecule has 19 heavy (non-hydrogen) atoms. The predicted octanol–water partition coefficient (Wildman–Crippen LogP) is 0.142. The fraction of sp³-hybridized carbons (Fsp3) is 0.750. The van der Waals surface area contributed by atoms with Gasteiger partial charge in [-0.1, -0.05) is 13.3 Å². The first-order chi connectivity index (χ1) is 9.33. The summed E-state index contributed by atoms with van der Waals surface area (Å²) in [6.07, 6.45) is 7.63. The average molecular weight is 264 g/mol. The summed E-state index contributed by atoms with van der Waals surface area (Å²) in [4.78, 5) is 3.58. The van der Waals surface area contributed by atoms with Crippen molar-refractivity contribution in [2.24, 2.45) is 5.92 Å². The molecule has 1 aromatic heterocycles. The summed E-state index contributed by atoms with van der Waals surface area (Å²) in [5.41, 5.74) is 0. The van der Waals surface area contributed by atoms with E-state index in [1.54, 1.807) is 11.2 Å². The van der Waals surface area contributed by atoms with Crippen LogP contribution in [-0.2, 0) is 6.54 Å². The van der Waals surface area contributed by atoms with Crippen LogP contribution in [-0.4, -0.2) is 32.2 Å². The Balaban J connectivity index is 1.49. The molecule has 1 saturated heterocycles.